The monoisotopic (exact) mass is 336 g/mol. The second-order valence-electron chi connectivity index (χ2n) is 5.19. The van der Waals surface area contributed by atoms with E-state index in [2.05, 4.69) is 5.32 Å². The maximum atomic E-state index is 12.3. The van der Waals surface area contributed by atoms with E-state index in [9.17, 15) is 14.9 Å². The highest BCUT2D eigenvalue weighted by Gasteiger charge is 2.11. The van der Waals surface area contributed by atoms with Crippen LogP contribution in [0.4, 0.5) is 5.69 Å². The third-order valence-electron chi connectivity index (χ3n) is 3.29. The van der Waals surface area contributed by atoms with E-state index in [1.807, 2.05) is 25.1 Å². The second-order valence-corrected chi connectivity index (χ2v) is 5.19. The Labute approximate surface area is 145 Å². The van der Waals surface area contributed by atoms with Crippen molar-refractivity contribution in [2.45, 2.75) is 6.92 Å². The zero-order valence-electron chi connectivity index (χ0n) is 13.5. The first-order chi connectivity index (χ1) is 12.0. The molecule has 0 aliphatic heterocycles. The second kappa shape index (κ2) is 8.31. The minimum atomic E-state index is -1.09. The number of anilines is 1. The van der Waals surface area contributed by atoms with E-state index in [0.29, 0.717) is 17.0 Å². The van der Waals surface area contributed by atoms with Crippen LogP contribution in [0.15, 0.2) is 54.1 Å². The Kier molecular flexibility index (Phi) is 5.91. The fraction of sp³-hybridized carbons (Fsp3) is 0.105. The van der Waals surface area contributed by atoms with Crippen molar-refractivity contribution in [3.05, 3.63) is 65.2 Å². The smallest absolute Gasteiger partial charge is 0.341 e. The number of aryl methyl sites for hydroxylation is 1. The van der Waals surface area contributed by atoms with E-state index in [0.717, 1.165) is 5.56 Å². The first kappa shape index (κ1) is 17.8. The number of carbonyl (C=O) groups excluding carboxylic acids is 1. The molecule has 0 aliphatic carbocycles. The summed E-state index contributed by atoms with van der Waals surface area (Å²) in [6.07, 6.45) is 1.42. The number of carboxylic acid groups (broad SMARTS) is 1. The summed E-state index contributed by atoms with van der Waals surface area (Å²) in [5.41, 5.74) is 2.00. The van der Waals surface area contributed by atoms with Gasteiger partial charge in [-0.3, -0.25) is 4.79 Å². The highest BCUT2D eigenvalue weighted by atomic mass is 16.5. The molecule has 6 heteroatoms. The fourth-order valence-corrected chi connectivity index (χ4v) is 2.06. The van der Waals surface area contributed by atoms with Crippen molar-refractivity contribution in [2.24, 2.45) is 0 Å². The van der Waals surface area contributed by atoms with E-state index in [-0.39, 0.29) is 5.57 Å². The molecule has 1 amide bonds. The molecule has 2 N–H and O–H groups in total. The maximum absolute atomic E-state index is 12.3. The number of rotatable bonds is 6. The lowest BCUT2D eigenvalue weighted by molar-refractivity contribution is -0.139. The lowest BCUT2D eigenvalue weighted by atomic mass is 10.1. The van der Waals surface area contributed by atoms with Gasteiger partial charge in [0.05, 0.1) is 0 Å². The quantitative estimate of drug-likeness (QED) is 0.624. The van der Waals surface area contributed by atoms with Gasteiger partial charge in [-0.25, -0.2) is 4.79 Å². The number of amides is 1. The van der Waals surface area contributed by atoms with Gasteiger partial charge in [0.25, 0.3) is 5.91 Å². The van der Waals surface area contributed by atoms with Crippen molar-refractivity contribution in [3.8, 4) is 11.8 Å². The number of ether oxygens (including phenoxy) is 1. The number of nitriles is 1. The van der Waals surface area contributed by atoms with E-state index in [4.69, 9.17) is 9.84 Å². The third kappa shape index (κ3) is 5.22. The molecule has 6 nitrogen and oxygen atoms in total. The number of para-hydroxylation sites is 1. The van der Waals surface area contributed by atoms with Crippen molar-refractivity contribution >= 4 is 23.6 Å². The molecule has 2 aromatic rings. The zero-order chi connectivity index (χ0) is 18.2. The van der Waals surface area contributed by atoms with Crippen LogP contribution in [0.3, 0.4) is 0 Å². The topological polar surface area (TPSA) is 99.4 Å². The number of hydrogen-bond donors (Lipinski definition) is 2. The molecule has 0 fully saturated rings. The normalized spacial score (nSPS) is 10.6. The average Bonchev–Trinajstić information content (AvgIpc) is 2.60. The lowest BCUT2D eigenvalue weighted by Crippen LogP contribution is -2.14. The summed E-state index contributed by atoms with van der Waals surface area (Å²) < 4.78 is 5.08. The molecular weight excluding hydrogens is 320 g/mol. The molecule has 0 aromatic heterocycles. The summed E-state index contributed by atoms with van der Waals surface area (Å²) in [6.45, 7) is 1.39. The average molecular weight is 336 g/mol. The van der Waals surface area contributed by atoms with Gasteiger partial charge in [-0.1, -0.05) is 30.3 Å². The predicted octanol–water partition coefficient (Wildman–Crippen LogP) is 3.00. The van der Waals surface area contributed by atoms with Crippen LogP contribution in [-0.4, -0.2) is 23.6 Å². The molecule has 2 aromatic carbocycles. The van der Waals surface area contributed by atoms with Gasteiger partial charge in [0.15, 0.2) is 6.61 Å². The first-order valence-electron chi connectivity index (χ1n) is 7.43. The minimum absolute atomic E-state index is 0.0707. The van der Waals surface area contributed by atoms with Crippen LogP contribution >= 0.6 is 0 Å². The van der Waals surface area contributed by atoms with Crippen molar-refractivity contribution in [3.63, 3.8) is 0 Å². The largest absolute Gasteiger partial charge is 0.482 e. The highest BCUT2D eigenvalue weighted by molar-refractivity contribution is 6.09. The molecular formula is C19H16N2O4. The van der Waals surface area contributed by atoms with Crippen LogP contribution in [0.1, 0.15) is 11.1 Å². The number of carbonyl (C=O) groups is 2. The molecule has 0 aliphatic rings. The van der Waals surface area contributed by atoms with E-state index >= 15 is 0 Å². The molecule has 0 bridgehead atoms. The van der Waals surface area contributed by atoms with Crippen LogP contribution in [0, 0.1) is 18.3 Å². The Morgan fingerprint density at radius 3 is 2.68 bits per heavy atom. The molecule has 0 atom stereocenters. The number of nitrogens with one attached hydrogen (secondary N) is 1. The summed E-state index contributed by atoms with van der Waals surface area (Å²) in [6, 6.07) is 15.6. The Morgan fingerprint density at radius 2 is 2.00 bits per heavy atom. The van der Waals surface area contributed by atoms with Gasteiger partial charge in [-0.2, -0.15) is 5.26 Å². The van der Waals surface area contributed by atoms with Crippen molar-refractivity contribution < 1.29 is 19.4 Å². The summed E-state index contributed by atoms with van der Waals surface area (Å²) in [4.78, 5) is 22.8. The molecule has 25 heavy (non-hydrogen) atoms. The zero-order valence-corrected chi connectivity index (χ0v) is 13.5. The molecule has 0 heterocycles. The Morgan fingerprint density at radius 1 is 1.24 bits per heavy atom. The number of nitrogens with zero attached hydrogens (tertiary/aromatic N) is 1. The van der Waals surface area contributed by atoms with Gasteiger partial charge in [-0.05, 0) is 42.3 Å². The summed E-state index contributed by atoms with van der Waals surface area (Å²) in [7, 11) is 0. The number of hydrogen-bond acceptors (Lipinski definition) is 4. The van der Waals surface area contributed by atoms with Gasteiger partial charge in [0.2, 0.25) is 0 Å². The van der Waals surface area contributed by atoms with Crippen molar-refractivity contribution in [1.82, 2.24) is 0 Å². The number of carboxylic acids is 1. The van der Waals surface area contributed by atoms with Gasteiger partial charge < -0.3 is 15.2 Å². The van der Waals surface area contributed by atoms with Crippen LogP contribution in [0.5, 0.6) is 5.75 Å². The molecule has 2 rings (SSSR count). The molecule has 126 valence electrons. The predicted molar refractivity (Wildman–Crippen MR) is 93.0 cm³/mol. The molecule has 0 unspecified atom stereocenters. The van der Waals surface area contributed by atoms with Gasteiger partial charge in [0.1, 0.15) is 17.4 Å². The Hall–Kier alpha value is -3.59. The number of aliphatic carboxylic acids is 1. The highest BCUT2D eigenvalue weighted by Crippen LogP contribution is 2.18. The van der Waals surface area contributed by atoms with E-state index in [1.165, 1.54) is 6.08 Å². The SMILES string of the molecule is Cc1ccccc1NC(=O)/C(C#N)=C\c1cccc(OCC(=O)O)c1. The standard InChI is InChI=1S/C19H16N2O4/c1-13-5-2-3-8-17(13)21-19(24)15(11-20)9-14-6-4-7-16(10-14)25-12-18(22)23/h2-10H,12H2,1H3,(H,21,24)(H,22,23)/b15-9-. The molecule has 0 saturated heterocycles. The lowest BCUT2D eigenvalue weighted by Gasteiger charge is -2.07. The minimum Gasteiger partial charge on any atom is -0.482 e. The molecule has 0 saturated carbocycles. The van der Waals surface area contributed by atoms with Crippen LogP contribution in [0.25, 0.3) is 6.08 Å². The summed E-state index contributed by atoms with van der Waals surface area (Å²) in [5, 5.41) is 20.6. The maximum Gasteiger partial charge on any atom is 0.341 e. The number of benzene rings is 2. The first-order valence-corrected chi connectivity index (χ1v) is 7.43. The van der Waals surface area contributed by atoms with E-state index < -0.39 is 18.5 Å². The Bertz CT molecular complexity index is 866. The fourth-order valence-electron chi connectivity index (χ4n) is 2.06. The summed E-state index contributed by atoms with van der Waals surface area (Å²) >= 11 is 0. The van der Waals surface area contributed by atoms with Crippen LogP contribution in [0.2, 0.25) is 0 Å². The van der Waals surface area contributed by atoms with E-state index in [1.54, 1.807) is 36.4 Å². The van der Waals surface area contributed by atoms with Gasteiger partial charge in [-0.15, -0.1) is 0 Å². The van der Waals surface area contributed by atoms with Crippen molar-refractivity contribution in [2.75, 3.05) is 11.9 Å². The van der Waals surface area contributed by atoms with Gasteiger partial charge >= 0.3 is 5.97 Å². The molecule has 0 radical (unpaired) electrons. The van der Waals surface area contributed by atoms with Gasteiger partial charge in [0, 0.05) is 5.69 Å². The molecule has 0 spiro atoms. The Balaban J connectivity index is 2.18. The van der Waals surface area contributed by atoms with Crippen LogP contribution in [-0.2, 0) is 9.59 Å². The third-order valence-corrected chi connectivity index (χ3v) is 3.29. The summed E-state index contributed by atoms with van der Waals surface area (Å²) in [5.74, 6) is -1.27. The van der Waals surface area contributed by atoms with Crippen molar-refractivity contribution in [1.29, 1.82) is 5.26 Å². The van der Waals surface area contributed by atoms with Crippen LogP contribution < -0.4 is 10.1 Å².